The lowest BCUT2D eigenvalue weighted by Crippen LogP contribution is -2.23. The van der Waals surface area contributed by atoms with Crippen molar-refractivity contribution in [2.75, 3.05) is 26.7 Å². The molecule has 1 aromatic heterocycles. The smallest absolute Gasteiger partial charge is 0.0451 e. The van der Waals surface area contributed by atoms with Crippen molar-refractivity contribution >= 4 is 11.1 Å². The van der Waals surface area contributed by atoms with Crippen LogP contribution in [0.1, 0.15) is 57.4 Å². The first kappa shape index (κ1) is 22.9. The molecule has 0 atom stereocenters. The average Bonchev–Trinajstić information content (AvgIpc) is 2.73. The lowest BCUT2D eigenvalue weighted by molar-refractivity contribution is 0.370. The monoisotopic (exact) mass is 391 g/mol. The average molecular weight is 392 g/mol. The van der Waals surface area contributed by atoms with E-state index in [1.165, 1.54) is 27.8 Å². The van der Waals surface area contributed by atoms with Crippen LogP contribution in [0.4, 0.5) is 0 Å². The molecule has 2 rings (SSSR count). The number of nitrogens with one attached hydrogen (secondary N) is 1. The van der Waals surface area contributed by atoms with Gasteiger partial charge in [-0.05, 0) is 87.6 Å². The first-order chi connectivity index (χ1) is 13.9. The van der Waals surface area contributed by atoms with Gasteiger partial charge in [-0.15, -0.1) is 0 Å². The summed E-state index contributed by atoms with van der Waals surface area (Å²) in [5.74, 6) is 0. The van der Waals surface area contributed by atoms with Crippen LogP contribution < -0.4 is 5.32 Å². The van der Waals surface area contributed by atoms with Crippen molar-refractivity contribution in [1.82, 2.24) is 15.2 Å². The van der Waals surface area contributed by atoms with Gasteiger partial charge in [0.15, 0.2) is 0 Å². The van der Waals surface area contributed by atoms with Crippen LogP contribution >= 0.6 is 0 Å². The van der Waals surface area contributed by atoms with E-state index in [0.29, 0.717) is 0 Å². The molecule has 3 nitrogen and oxygen atoms in total. The van der Waals surface area contributed by atoms with Crippen LogP contribution in [0.15, 0.2) is 60.0 Å². The molecule has 156 valence electrons. The van der Waals surface area contributed by atoms with Gasteiger partial charge in [-0.25, -0.2) is 0 Å². The van der Waals surface area contributed by atoms with Gasteiger partial charge in [-0.2, -0.15) is 0 Å². The minimum absolute atomic E-state index is 0.945. The minimum atomic E-state index is 0.945. The van der Waals surface area contributed by atoms with E-state index >= 15 is 0 Å². The topological polar surface area (TPSA) is 28.2 Å². The summed E-state index contributed by atoms with van der Waals surface area (Å²) in [6.07, 6.45) is 13.1. The van der Waals surface area contributed by atoms with Gasteiger partial charge >= 0.3 is 0 Å². The third-order valence-corrected chi connectivity index (χ3v) is 5.51. The molecule has 0 bridgehead atoms. The molecule has 2 heterocycles. The first-order valence-corrected chi connectivity index (χ1v) is 10.7. The maximum absolute atomic E-state index is 4.74. The largest absolute Gasteiger partial charge is 0.385 e. The summed E-state index contributed by atoms with van der Waals surface area (Å²) < 4.78 is 0. The molecule has 29 heavy (non-hydrogen) atoms. The Balaban J connectivity index is 2.37. The summed E-state index contributed by atoms with van der Waals surface area (Å²) in [4.78, 5) is 7.08. The predicted octanol–water partition coefficient (Wildman–Crippen LogP) is 5.92. The van der Waals surface area contributed by atoms with Gasteiger partial charge in [0.1, 0.15) is 0 Å². The number of allylic oxidation sites excluding steroid dienone is 6. The van der Waals surface area contributed by atoms with Crippen molar-refractivity contribution < 1.29 is 0 Å². The van der Waals surface area contributed by atoms with Gasteiger partial charge < -0.3 is 10.2 Å². The van der Waals surface area contributed by atoms with Gasteiger partial charge in [0.05, 0.1) is 0 Å². The zero-order valence-corrected chi connectivity index (χ0v) is 19.1. The van der Waals surface area contributed by atoms with E-state index in [2.05, 4.69) is 88.8 Å². The van der Waals surface area contributed by atoms with E-state index in [-0.39, 0.29) is 0 Å². The van der Waals surface area contributed by atoms with E-state index in [0.717, 1.165) is 49.4 Å². The fourth-order valence-corrected chi connectivity index (χ4v) is 3.54. The van der Waals surface area contributed by atoms with Gasteiger partial charge in [-0.1, -0.05) is 31.7 Å². The van der Waals surface area contributed by atoms with Crippen molar-refractivity contribution in [3.63, 3.8) is 0 Å². The van der Waals surface area contributed by atoms with Crippen LogP contribution in [0.2, 0.25) is 0 Å². The molecule has 0 spiro atoms. The summed E-state index contributed by atoms with van der Waals surface area (Å²) in [6.45, 7) is 17.8. The summed E-state index contributed by atoms with van der Waals surface area (Å²) >= 11 is 0. The van der Waals surface area contributed by atoms with Crippen LogP contribution in [-0.4, -0.2) is 36.6 Å². The zero-order chi connectivity index (χ0) is 21.4. The number of nitrogens with zero attached hydrogens (tertiary/aromatic N) is 2. The van der Waals surface area contributed by atoms with E-state index in [1.807, 2.05) is 6.20 Å². The highest BCUT2D eigenvalue weighted by Crippen LogP contribution is 2.31. The predicted molar refractivity (Wildman–Crippen MR) is 128 cm³/mol. The Kier molecular flexibility index (Phi) is 8.66. The highest BCUT2D eigenvalue weighted by molar-refractivity contribution is 5.84. The number of likely N-dealkylation sites (N-methyl/N-ethyl adjacent to an activating group) is 1. The Bertz CT molecular complexity index is 853. The second kappa shape index (κ2) is 11.0. The molecule has 1 aliphatic heterocycles. The lowest BCUT2D eigenvalue weighted by atomic mass is 9.91. The third-order valence-electron chi connectivity index (χ3n) is 5.51. The zero-order valence-electron chi connectivity index (χ0n) is 19.1. The first-order valence-electron chi connectivity index (χ1n) is 10.7. The highest BCUT2D eigenvalue weighted by atomic mass is 15.1. The fourth-order valence-electron chi connectivity index (χ4n) is 3.54. The summed E-state index contributed by atoms with van der Waals surface area (Å²) in [5, 5.41) is 3.39. The number of hydrogen-bond donors (Lipinski definition) is 1. The van der Waals surface area contributed by atoms with Crippen molar-refractivity contribution in [3.05, 3.63) is 76.8 Å². The van der Waals surface area contributed by atoms with E-state index in [1.54, 1.807) is 0 Å². The summed E-state index contributed by atoms with van der Waals surface area (Å²) in [7, 11) is 2.17. The summed E-state index contributed by atoms with van der Waals surface area (Å²) in [6, 6.07) is 2.31. The molecule has 0 aliphatic carbocycles. The minimum Gasteiger partial charge on any atom is -0.385 e. The number of rotatable bonds is 8. The molecule has 0 aromatic carbocycles. The molecular formula is C26H37N3. The van der Waals surface area contributed by atoms with Gasteiger partial charge in [0.2, 0.25) is 0 Å². The number of hydrogen-bond acceptors (Lipinski definition) is 3. The van der Waals surface area contributed by atoms with Gasteiger partial charge in [-0.3, -0.25) is 4.98 Å². The molecular weight excluding hydrogens is 354 g/mol. The van der Waals surface area contributed by atoms with Crippen molar-refractivity contribution in [3.8, 4) is 0 Å². The molecule has 1 N–H and O–H groups in total. The number of aryl methyl sites for hydroxylation is 1. The molecule has 3 heteroatoms. The Morgan fingerprint density at radius 3 is 2.66 bits per heavy atom. The summed E-state index contributed by atoms with van der Waals surface area (Å²) in [5.41, 5.74) is 9.46. The number of aromatic nitrogens is 1. The Hall–Kier alpha value is -2.39. The normalized spacial score (nSPS) is 16.6. The van der Waals surface area contributed by atoms with Crippen molar-refractivity contribution in [1.29, 1.82) is 0 Å². The van der Waals surface area contributed by atoms with Gasteiger partial charge in [0.25, 0.3) is 0 Å². The highest BCUT2D eigenvalue weighted by Gasteiger charge is 2.14. The molecule has 0 radical (unpaired) electrons. The second-order valence-corrected chi connectivity index (χ2v) is 7.78. The van der Waals surface area contributed by atoms with Crippen LogP contribution in [0.3, 0.4) is 0 Å². The van der Waals surface area contributed by atoms with Crippen molar-refractivity contribution in [2.24, 2.45) is 0 Å². The second-order valence-electron chi connectivity index (χ2n) is 7.78. The van der Waals surface area contributed by atoms with Crippen LogP contribution in [0.5, 0.6) is 0 Å². The van der Waals surface area contributed by atoms with E-state index in [9.17, 15) is 0 Å². The molecule has 0 fully saturated rings. The van der Waals surface area contributed by atoms with E-state index < -0.39 is 0 Å². The molecule has 0 saturated carbocycles. The van der Waals surface area contributed by atoms with Crippen molar-refractivity contribution in [2.45, 2.75) is 47.5 Å². The quantitative estimate of drug-likeness (QED) is 0.558. The third kappa shape index (κ3) is 6.04. The standard InChI is InChI=1S/C26H37N3/c1-8-13-27-20(5)19(4)16-22(9-2)25(10-3)26-17-24(18-28-21(26)6)23-11-14-29(7)15-12-23/h9-11,16-18,27H,5,8,12-15H2,1-4,6-7H3/b19-16+,22-9+,25-10-. The maximum Gasteiger partial charge on any atom is 0.0451 e. The molecule has 1 aromatic rings. The van der Waals surface area contributed by atoms with E-state index in [4.69, 9.17) is 4.98 Å². The fraction of sp³-hybridized carbons (Fsp3) is 0.423. The van der Waals surface area contributed by atoms with Crippen LogP contribution in [0.25, 0.3) is 11.1 Å². The van der Waals surface area contributed by atoms with Crippen LogP contribution in [-0.2, 0) is 0 Å². The maximum atomic E-state index is 4.74. The Labute approximate surface area is 177 Å². The SMILES string of the molecule is C=C(NCCC)/C(C)=C/C(=C\C)C(=C/C)/c1cc(C2=CCN(C)CC2)cnc1C. The molecule has 0 saturated heterocycles. The Morgan fingerprint density at radius 1 is 1.31 bits per heavy atom. The Morgan fingerprint density at radius 2 is 2.07 bits per heavy atom. The van der Waals surface area contributed by atoms with Gasteiger partial charge in [0, 0.05) is 42.8 Å². The molecule has 0 amide bonds. The number of pyridine rings is 1. The molecule has 0 unspecified atom stereocenters. The van der Waals surface area contributed by atoms with Crippen LogP contribution in [0, 0.1) is 6.92 Å². The molecule has 1 aliphatic rings. The lowest BCUT2D eigenvalue weighted by Gasteiger charge is -2.22.